The Hall–Kier alpha value is -0.990. The van der Waals surface area contributed by atoms with E-state index in [1.165, 1.54) is 0 Å². The molecule has 3 atom stereocenters. The highest BCUT2D eigenvalue weighted by atomic mass is 19.4. The first-order chi connectivity index (χ1) is 12.7. The van der Waals surface area contributed by atoms with Crippen molar-refractivity contribution >= 4 is 0 Å². The van der Waals surface area contributed by atoms with Gasteiger partial charge in [-0.15, -0.1) is 0 Å². The van der Waals surface area contributed by atoms with E-state index in [-0.39, 0.29) is 13.8 Å². The van der Waals surface area contributed by atoms with Crippen LogP contribution in [0.15, 0.2) is 0 Å². The van der Waals surface area contributed by atoms with Gasteiger partial charge in [0.25, 0.3) is 12.5 Å². The molecule has 0 fully saturated rings. The Labute approximate surface area is 162 Å². The van der Waals surface area contributed by atoms with Gasteiger partial charge in [-0.25, -0.2) is 8.78 Å². The van der Waals surface area contributed by atoms with Gasteiger partial charge in [-0.1, -0.05) is 13.8 Å². The van der Waals surface area contributed by atoms with Gasteiger partial charge in [0, 0.05) is 0 Å². The first-order valence-corrected chi connectivity index (χ1v) is 7.95. The number of aliphatic hydroxyl groups excluding tert-OH is 1. The maximum atomic E-state index is 14.5. The Balaban J connectivity index is 6.18. The van der Waals surface area contributed by atoms with Gasteiger partial charge in [0.1, 0.15) is 5.41 Å². The van der Waals surface area contributed by atoms with Crippen LogP contribution in [-0.2, 0) is 4.74 Å². The van der Waals surface area contributed by atoms with E-state index in [4.69, 9.17) is 0 Å². The van der Waals surface area contributed by atoms with E-state index < -0.39 is 59.5 Å². The average Bonchev–Trinajstić information content (AvgIpc) is 2.51. The maximum Gasteiger partial charge on any atom is 0.428 e. The van der Waals surface area contributed by atoms with Gasteiger partial charge in [0.2, 0.25) is 0 Å². The summed E-state index contributed by atoms with van der Waals surface area (Å²) in [7, 11) is 0. The van der Waals surface area contributed by atoms with E-state index in [2.05, 4.69) is 4.74 Å². The Morgan fingerprint density at radius 2 is 1.07 bits per heavy atom. The molecule has 0 aromatic heterocycles. The van der Waals surface area contributed by atoms with Crippen molar-refractivity contribution in [2.75, 3.05) is 0 Å². The van der Waals surface area contributed by atoms with E-state index in [0.29, 0.717) is 20.8 Å². The van der Waals surface area contributed by atoms with Crippen molar-refractivity contribution in [2.45, 2.75) is 83.3 Å². The van der Waals surface area contributed by atoms with Gasteiger partial charge in [-0.05, 0) is 20.8 Å². The third-order valence-electron chi connectivity index (χ3n) is 4.99. The highest BCUT2D eigenvalue weighted by molar-refractivity contribution is 5.09. The van der Waals surface area contributed by atoms with Crippen LogP contribution in [0.2, 0.25) is 0 Å². The Kier molecular flexibility index (Phi) is 7.59. The van der Waals surface area contributed by atoms with Crippen LogP contribution in [0.4, 0.5) is 57.1 Å². The molecule has 30 heavy (non-hydrogen) atoms. The second-order valence-corrected chi connectivity index (χ2v) is 7.69. The molecule has 0 rings (SSSR count). The molecule has 182 valence electrons. The molecule has 2 nitrogen and oxygen atoms in total. The number of ether oxygens (including phenoxy) is 1. The van der Waals surface area contributed by atoms with E-state index in [1.54, 1.807) is 0 Å². The van der Waals surface area contributed by atoms with Crippen LogP contribution < -0.4 is 0 Å². The summed E-state index contributed by atoms with van der Waals surface area (Å²) in [6.07, 6.45) is -25.3. The lowest BCUT2D eigenvalue weighted by molar-refractivity contribution is -0.413. The van der Waals surface area contributed by atoms with Crippen LogP contribution in [0, 0.1) is 10.8 Å². The minimum atomic E-state index is -6.41. The van der Waals surface area contributed by atoms with Crippen molar-refractivity contribution in [3.63, 3.8) is 0 Å². The van der Waals surface area contributed by atoms with E-state index in [9.17, 15) is 62.2 Å². The van der Waals surface area contributed by atoms with Crippen LogP contribution in [0.1, 0.15) is 34.6 Å². The zero-order valence-corrected chi connectivity index (χ0v) is 16.0. The molecular formula is C15H19F13O2. The third kappa shape index (κ3) is 4.46. The highest BCUT2D eigenvalue weighted by Crippen LogP contribution is 2.61. The molecule has 3 unspecified atom stereocenters. The standard InChI is InChI=1S/C15H19F13O2/c1-6(29)9(2,3)14(25,26)15(27,28)10(4,5)11(18,19)8(17)30-13(23,24)7(16)12(20,21)22/h6-8,29H,1-5H3. The summed E-state index contributed by atoms with van der Waals surface area (Å²) in [5, 5.41) is 9.30. The molecule has 0 saturated carbocycles. The predicted octanol–water partition coefficient (Wildman–Crippen LogP) is 6.13. The van der Waals surface area contributed by atoms with Crippen molar-refractivity contribution in [3.05, 3.63) is 0 Å². The summed E-state index contributed by atoms with van der Waals surface area (Å²) < 4.78 is 177. The molecule has 0 spiro atoms. The molecule has 0 saturated heterocycles. The van der Waals surface area contributed by atoms with Gasteiger partial charge < -0.3 is 5.11 Å². The summed E-state index contributed by atoms with van der Waals surface area (Å²) in [6.45, 7) is 0.520. The Bertz CT molecular complexity index is 596. The number of hydrogen-bond donors (Lipinski definition) is 1. The van der Waals surface area contributed by atoms with E-state index >= 15 is 0 Å². The number of halogens is 13. The molecule has 0 aliphatic rings. The fraction of sp³-hybridized carbons (Fsp3) is 1.00. The Morgan fingerprint density at radius 3 is 1.37 bits per heavy atom. The number of aliphatic hydroxyl groups is 1. The largest absolute Gasteiger partial charge is 0.428 e. The first kappa shape index (κ1) is 29.0. The summed E-state index contributed by atoms with van der Waals surface area (Å²) in [5.41, 5.74) is -7.71. The molecular weight excluding hydrogens is 459 g/mol. The topological polar surface area (TPSA) is 29.5 Å². The lowest BCUT2D eigenvalue weighted by Crippen LogP contribution is -2.67. The Morgan fingerprint density at radius 1 is 0.700 bits per heavy atom. The normalized spacial score (nSPS) is 18.9. The molecule has 0 aliphatic heterocycles. The molecule has 0 heterocycles. The molecule has 1 N–H and O–H groups in total. The second-order valence-electron chi connectivity index (χ2n) is 7.69. The van der Waals surface area contributed by atoms with Crippen molar-refractivity contribution in [1.29, 1.82) is 0 Å². The zero-order valence-electron chi connectivity index (χ0n) is 16.0. The second kappa shape index (κ2) is 7.85. The summed E-state index contributed by atoms with van der Waals surface area (Å²) >= 11 is 0. The summed E-state index contributed by atoms with van der Waals surface area (Å²) in [5.74, 6) is -17.5. The van der Waals surface area contributed by atoms with E-state index in [0.717, 1.165) is 0 Å². The lowest BCUT2D eigenvalue weighted by atomic mass is 9.67. The van der Waals surface area contributed by atoms with Gasteiger partial charge in [-0.3, -0.25) is 4.74 Å². The van der Waals surface area contributed by atoms with Crippen LogP contribution in [0.25, 0.3) is 0 Å². The average molecular weight is 478 g/mol. The molecule has 0 aromatic rings. The zero-order chi connectivity index (χ0) is 24.9. The molecule has 0 aliphatic carbocycles. The van der Waals surface area contributed by atoms with E-state index in [1.807, 2.05) is 0 Å². The van der Waals surface area contributed by atoms with Crippen molar-refractivity contribution in [3.8, 4) is 0 Å². The number of rotatable bonds is 9. The third-order valence-corrected chi connectivity index (χ3v) is 4.99. The summed E-state index contributed by atoms with van der Waals surface area (Å²) in [4.78, 5) is 0. The highest BCUT2D eigenvalue weighted by Gasteiger charge is 2.79. The molecule has 0 aromatic carbocycles. The molecule has 15 heteroatoms. The minimum Gasteiger partial charge on any atom is -0.393 e. The number of alkyl halides is 13. The van der Waals surface area contributed by atoms with Crippen molar-refractivity contribution in [2.24, 2.45) is 10.8 Å². The molecule has 0 amide bonds. The molecule has 0 bridgehead atoms. The SMILES string of the molecule is CC(O)C(C)(C)C(F)(F)C(F)(F)C(C)(C)C(F)(F)C(F)OC(F)(F)C(F)C(F)(F)F. The minimum absolute atomic E-state index is 0.342. The smallest absolute Gasteiger partial charge is 0.393 e. The van der Waals surface area contributed by atoms with Gasteiger partial charge in [-0.2, -0.15) is 48.3 Å². The quantitative estimate of drug-likeness (QED) is 0.404. The van der Waals surface area contributed by atoms with Gasteiger partial charge >= 0.3 is 30.1 Å². The van der Waals surface area contributed by atoms with Crippen molar-refractivity contribution < 1.29 is 66.9 Å². The molecule has 0 radical (unpaired) electrons. The maximum absolute atomic E-state index is 14.5. The first-order valence-electron chi connectivity index (χ1n) is 7.95. The monoisotopic (exact) mass is 478 g/mol. The van der Waals surface area contributed by atoms with Gasteiger partial charge in [0.15, 0.2) is 0 Å². The van der Waals surface area contributed by atoms with Crippen LogP contribution >= 0.6 is 0 Å². The van der Waals surface area contributed by atoms with Crippen LogP contribution in [-0.4, -0.2) is 53.8 Å². The number of hydrogen-bond acceptors (Lipinski definition) is 2. The predicted molar refractivity (Wildman–Crippen MR) is 76.0 cm³/mol. The fourth-order valence-corrected chi connectivity index (χ4v) is 2.01. The van der Waals surface area contributed by atoms with Crippen LogP contribution in [0.3, 0.4) is 0 Å². The van der Waals surface area contributed by atoms with Crippen molar-refractivity contribution in [1.82, 2.24) is 0 Å². The summed E-state index contributed by atoms with van der Waals surface area (Å²) in [6, 6.07) is 0. The van der Waals surface area contributed by atoms with Gasteiger partial charge in [0.05, 0.1) is 11.5 Å². The fourth-order valence-electron chi connectivity index (χ4n) is 2.01. The lowest BCUT2D eigenvalue weighted by Gasteiger charge is -2.49. The van der Waals surface area contributed by atoms with Crippen LogP contribution in [0.5, 0.6) is 0 Å².